The van der Waals surface area contributed by atoms with Crippen LogP contribution in [0.25, 0.3) is 21.3 Å². The molecule has 40 heavy (non-hydrogen) atoms. The zero-order valence-electron chi connectivity index (χ0n) is 22.0. The number of hydrogen-bond acceptors (Lipinski definition) is 7. The molecule has 5 rings (SSSR count). The van der Waals surface area contributed by atoms with Gasteiger partial charge in [-0.15, -0.1) is 11.3 Å². The summed E-state index contributed by atoms with van der Waals surface area (Å²) in [6.45, 7) is 5.77. The van der Waals surface area contributed by atoms with E-state index in [4.69, 9.17) is 10.5 Å². The Labute approximate surface area is 231 Å². The quantitative estimate of drug-likeness (QED) is 0.268. The standard InChI is InChI=1S/C27H25F2N7O3S/c1-13-5-6-20(14(2)9-13)39-12-36-8-7-18(34-36)26(38)33-22-21-16(17-11-31-35(4)15(17)3)10-19(24(28)29)32-27(21)40-23(22)25(30)37/h5-11,24H,12H2,1-4H3,(H2,30,37)(H,33,38). The molecule has 2 amide bonds. The smallest absolute Gasteiger partial charge is 0.280 e. The number of benzene rings is 1. The van der Waals surface area contributed by atoms with E-state index in [1.165, 1.54) is 23.0 Å². The number of aromatic nitrogens is 5. The van der Waals surface area contributed by atoms with Crippen LogP contribution in [0.3, 0.4) is 0 Å². The summed E-state index contributed by atoms with van der Waals surface area (Å²) in [6, 6.07) is 8.54. The van der Waals surface area contributed by atoms with Gasteiger partial charge in [-0.05, 0) is 50.1 Å². The first-order valence-corrected chi connectivity index (χ1v) is 12.9. The van der Waals surface area contributed by atoms with Crippen LogP contribution >= 0.6 is 11.3 Å². The Balaban J connectivity index is 1.50. The summed E-state index contributed by atoms with van der Waals surface area (Å²) in [6.07, 6.45) is 0.261. The Morgan fingerprint density at radius 3 is 2.58 bits per heavy atom. The van der Waals surface area contributed by atoms with Crippen LogP contribution in [0.4, 0.5) is 14.5 Å². The molecule has 0 unspecified atom stereocenters. The van der Waals surface area contributed by atoms with Crippen molar-refractivity contribution in [3.63, 3.8) is 0 Å². The molecule has 5 aromatic rings. The zero-order valence-corrected chi connectivity index (χ0v) is 22.8. The van der Waals surface area contributed by atoms with E-state index in [-0.39, 0.29) is 27.8 Å². The number of ether oxygens (including phenoxy) is 1. The lowest BCUT2D eigenvalue weighted by atomic mass is 10.0. The molecule has 4 aromatic heterocycles. The van der Waals surface area contributed by atoms with E-state index in [1.807, 2.05) is 32.0 Å². The van der Waals surface area contributed by atoms with Gasteiger partial charge in [-0.25, -0.2) is 18.4 Å². The molecule has 1 aromatic carbocycles. The molecule has 0 radical (unpaired) electrons. The Morgan fingerprint density at radius 2 is 1.93 bits per heavy atom. The van der Waals surface area contributed by atoms with Crippen molar-refractivity contribution in [1.82, 2.24) is 24.5 Å². The Morgan fingerprint density at radius 1 is 1.15 bits per heavy atom. The topological polar surface area (TPSA) is 130 Å². The average molecular weight is 566 g/mol. The highest BCUT2D eigenvalue weighted by Gasteiger charge is 2.26. The second-order valence-electron chi connectivity index (χ2n) is 9.25. The van der Waals surface area contributed by atoms with Gasteiger partial charge in [0.25, 0.3) is 18.2 Å². The van der Waals surface area contributed by atoms with E-state index in [2.05, 4.69) is 20.5 Å². The molecule has 10 nitrogen and oxygen atoms in total. The highest BCUT2D eigenvalue weighted by Crippen LogP contribution is 2.43. The third-order valence-electron chi connectivity index (χ3n) is 6.45. The summed E-state index contributed by atoms with van der Waals surface area (Å²) in [4.78, 5) is 29.8. The number of aryl methyl sites for hydroxylation is 3. The molecule has 4 heterocycles. The van der Waals surface area contributed by atoms with E-state index in [1.54, 1.807) is 24.9 Å². The molecule has 0 bridgehead atoms. The van der Waals surface area contributed by atoms with Crippen LogP contribution in [0.15, 0.2) is 42.7 Å². The van der Waals surface area contributed by atoms with Crippen LogP contribution in [-0.2, 0) is 13.8 Å². The summed E-state index contributed by atoms with van der Waals surface area (Å²) in [7, 11) is 1.72. The highest BCUT2D eigenvalue weighted by molar-refractivity contribution is 7.21. The fourth-order valence-electron chi connectivity index (χ4n) is 4.33. The number of fused-ring (bicyclic) bond motifs is 1. The maximum absolute atomic E-state index is 13.7. The second kappa shape index (κ2) is 10.5. The summed E-state index contributed by atoms with van der Waals surface area (Å²) >= 11 is 0.829. The minimum Gasteiger partial charge on any atom is -0.471 e. The van der Waals surface area contributed by atoms with Crippen molar-refractivity contribution in [3.8, 4) is 16.9 Å². The molecule has 0 spiro atoms. The van der Waals surface area contributed by atoms with Gasteiger partial charge in [0.2, 0.25) is 0 Å². The van der Waals surface area contributed by atoms with Gasteiger partial charge in [-0.3, -0.25) is 14.3 Å². The fourth-order valence-corrected chi connectivity index (χ4v) is 5.34. The molecule has 0 atom stereocenters. The summed E-state index contributed by atoms with van der Waals surface area (Å²) < 4.78 is 36.4. The molecule has 0 aliphatic heterocycles. The first-order valence-electron chi connectivity index (χ1n) is 12.1. The van der Waals surface area contributed by atoms with Crippen LogP contribution in [0.2, 0.25) is 0 Å². The van der Waals surface area contributed by atoms with E-state index < -0.39 is 23.9 Å². The number of pyridine rings is 1. The lowest BCUT2D eigenvalue weighted by molar-refractivity contribution is 0.100. The number of hydrogen-bond donors (Lipinski definition) is 2. The van der Waals surface area contributed by atoms with Crippen molar-refractivity contribution in [3.05, 3.63) is 75.8 Å². The zero-order chi connectivity index (χ0) is 28.7. The second-order valence-corrected chi connectivity index (χ2v) is 10.2. The highest BCUT2D eigenvalue weighted by atomic mass is 32.1. The molecule has 0 fully saturated rings. The average Bonchev–Trinajstić information content (AvgIpc) is 3.61. The van der Waals surface area contributed by atoms with Crippen LogP contribution in [-0.4, -0.2) is 36.4 Å². The Kier molecular flexibility index (Phi) is 7.06. The van der Waals surface area contributed by atoms with Gasteiger partial charge < -0.3 is 15.8 Å². The van der Waals surface area contributed by atoms with Crippen molar-refractivity contribution in [1.29, 1.82) is 0 Å². The number of carbonyl (C=O) groups is 2. The van der Waals surface area contributed by atoms with Crippen molar-refractivity contribution < 1.29 is 23.1 Å². The number of rotatable bonds is 8. The van der Waals surface area contributed by atoms with E-state index in [9.17, 15) is 18.4 Å². The lowest BCUT2D eigenvalue weighted by Crippen LogP contribution is -2.18. The normalized spacial score (nSPS) is 11.4. The SMILES string of the molecule is Cc1ccc(OCn2ccc(C(=O)Nc3c(C(N)=O)sc4nc(C(F)F)cc(-c5cnn(C)c5C)c34)n2)c(C)c1. The lowest BCUT2D eigenvalue weighted by Gasteiger charge is -2.11. The summed E-state index contributed by atoms with van der Waals surface area (Å²) in [5, 5.41) is 11.5. The molecule has 0 saturated carbocycles. The fraction of sp³-hybridized carbons (Fsp3) is 0.222. The number of carbonyl (C=O) groups excluding carboxylic acids is 2. The van der Waals surface area contributed by atoms with E-state index in [0.29, 0.717) is 28.0 Å². The van der Waals surface area contributed by atoms with Crippen LogP contribution < -0.4 is 15.8 Å². The van der Waals surface area contributed by atoms with Gasteiger partial charge in [0.15, 0.2) is 12.4 Å². The maximum atomic E-state index is 13.7. The number of halogens is 2. The van der Waals surface area contributed by atoms with Crippen LogP contribution in [0, 0.1) is 20.8 Å². The number of alkyl halides is 2. The molecule has 0 saturated heterocycles. The third kappa shape index (κ3) is 5.02. The maximum Gasteiger partial charge on any atom is 0.280 e. The van der Waals surface area contributed by atoms with E-state index >= 15 is 0 Å². The van der Waals surface area contributed by atoms with Gasteiger partial charge >= 0.3 is 0 Å². The minimum absolute atomic E-state index is 0.0253. The number of thiophene rings is 1. The minimum atomic E-state index is -2.85. The number of anilines is 1. The van der Waals surface area contributed by atoms with Gasteiger partial charge in [0.05, 0.1) is 11.9 Å². The van der Waals surface area contributed by atoms with Crippen molar-refractivity contribution in [2.45, 2.75) is 33.9 Å². The molecule has 206 valence electrons. The predicted molar refractivity (Wildman–Crippen MR) is 147 cm³/mol. The molecular formula is C27H25F2N7O3S. The third-order valence-corrected chi connectivity index (χ3v) is 7.55. The van der Waals surface area contributed by atoms with Crippen molar-refractivity contribution >= 4 is 39.1 Å². The van der Waals surface area contributed by atoms with Crippen LogP contribution in [0.5, 0.6) is 5.75 Å². The predicted octanol–water partition coefficient (Wildman–Crippen LogP) is 5.14. The van der Waals surface area contributed by atoms with Gasteiger partial charge in [0.1, 0.15) is 21.2 Å². The Hall–Kier alpha value is -4.65. The first kappa shape index (κ1) is 26.9. The van der Waals surface area contributed by atoms with Gasteiger partial charge in [0, 0.05) is 29.9 Å². The monoisotopic (exact) mass is 565 g/mol. The molecule has 0 aliphatic rings. The number of amides is 2. The number of nitrogens with two attached hydrogens (primary N) is 1. The summed E-state index contributed by atoms with van der Waals surface area (Å²) in [5.74, 6) is -0.769. The van der Waals surface area contributed by atoms with Crippen molar-refractivity contribution in [2.75, 3.05) is 5.32 Å². The molecule has 0 aliphatic carbocycles. The molecular weight excluding hydrogens is 540 g/mol. The van der Waals surface area contributed by atoms with Crippen LogP contribution in [0.1, 0.15) is 49.1 Å². The molecule has 3 N–H and O–H groups in total. The van der Waals surface area contributed by atoms with E-state index in [0.717, 1.165) is 22.5 Å². The number of nitrogens with zero attached hydrogens (tertiary/aromatic N) is 5. The molecule has 13 heteroatoms. The number of nitrogens with one attached hydrogen (secondary N) is 1. The first-order chi connectivity index (χ1) is 19.0. The van der Waals surface area contributed by atoms with Gasteiger partial charge in [-0.1, -0.05) is 17.7 Å². The summed E-state index contributed by atoms with van der Waals surface area (Å²) in [5.41, 5.74) is 8.95. The largest absolute Gasteiger partial charge is 0.471 e. The van der Waals surface area contributed by atoms with Crippen molar-refractivity contribution in [2.24, 2.45) is 12.8 Å². The number of primary amides is 1. The Bertz CT molecular complexity index is 1770. The van der Waals surface area contributed by atoms with Gasteiger partial charge in [-0.2, -0.15) is 10.2 Å².